The van der Waals surface area contributed by atoms with Crippen LogP contribution in [0.15, 0.2) is 96.1 Å². The Hall–Kier alpha value is -4.85. The second-order valence-corrected chi connectivity index (χ2v) is 7.15. The van der Waals surface area contributed by atoms with Crippen LogP contribution in [0.5, 0.6) is 5.75 Å². The molecule has 0 aromatic heterocycles. The summed E-state index contributed by atoms with van der Waals surface area (Å²) < 4.78 is 18.4. The SMILES string of the molecule is O=C(NN=Cc1ccc(OC(=O)c2cccc3ccccc23)cc1)C(=O)Nc1ccc(F)cc1. The molecule has 0 saturated carbocycles. The van der Waals surface area contributed by atoms with Gasteiger partial charge in [0.2, 0.25) is 0 Å². The average molecular weight is 455 g/mol. The van der Waals surface area contributed by atoms with E-state index in [0.717, 1.165) is 22.9 Å². The number of hydrogen-bond donors (Lipinski definition) is 2. The van der Waals surface area contributed by atoms with Crippen LogP contribution in [-0.4, -0.2) is 24.0 Å². The summed E-state index contributed by atoms with van der Waals surface area (Å²) in [5.41, 5.74) is 3.45. The molecule has 0 aliphatic heterocycles. The Morgan fingerprint density at radius 1 is 0.794 bits per heavy atom. The number of ether oxygens (including phenoxy) is 1. The van der Waals surface area contributed by atoms with Gasteiger partial charge in [-0.05, 0) is 70.9 Å². The number of rotatable bonds is 5. The van der Waals surface area contributed by atoms with E-state index in [4.69, 9.17) is 4.74 Å². The van der Waals surface area contributed by atoms with Crippen molar-refractivity contribution in [3.8, 4) is 5.75 Å². The van der Waals surface area contributed by atoms with Gasteiger partial charge in [-0.1, -0.05) is 36.4 Å². The molecule has 0 aliphatic carbocycles. The highest BCUT2D eigenvalue weighted by molar-refractivity contribution is 6.39. The lowest BCUT2D eigenvalue weighted by atomic mass is 10.0. The van der Waals surface area contributed by atoms with Gasteiger partial charge in [0.05, 0.1) is 11.8 Å². The largest absolute Gasteiger partial charge is 0.423 e. The van der Waals surface area contributed by atoms with Crippen LogP contribution in [0, 0.1) is 5.82 Å². The maximum Gasteiger partial charge on any atom is 0.344 e. The third-order valence-electron chi connectivity index (χ3n) is 4.79. The maximum atomic E-state index is 12.9. The molecule has 0 aliphatic rings. The zero-order chi connectivity index (χ0) is 23.9. The molecular formula is C26H18FN3O4. The molecule has 0 bridgehead atoms. The summed E-state index contributed by atoms with van der Waals surface area (Å²) in [5.74, 6) is -2.52. The second-order valence-electron chi connectivity index (χ2n) is 7.15. The highest BCUT2D eigenvalue weighted by Crippen LogP contribution is 2.21. The smallest absolute Gasteiger partial charge is 0.344 e. The van der Waals surface area contributed by atoms with Crippen molar-refractivity contribution in [3.63, 3.8) is 0 Å². The molecule has 168 valence electrons. The van der Waals surface area contributed by atoms with E-state index in [9.17, 15) is 18.8 Å². The summed E-state index contributed by atoms with van der Waals surface area (Å²) in [6, 6.07) is 24.4. The number of carbonyl (C=O) groups excluding carboxylic acids is 3. The van der Waals surface area contributed by atoms with Crippen LogP contribution in [0.25, 0.3) is 10.8 Å². The minimum Gasteiger partial charge on any atom is -0.423 e. The standard InChI is InChI=1S/C26H18FN3O4/c27-19-10-12-20(13-11-19)29-24(31)25(32)30-28-16-17-8-14-21(15-9-17)34-26(33)23-7-3-5-18-4-1-2-6-22(18)23/h1-16H,(H,29,31)(H,30,32). The molecule has 2 amide bonds. The molecule has 0 spiro atoms. The van der Waals surface area contributed by atoms with E-state index in [1.807, 2.05) is 30.3 Å². The number of fused-ring (bicyclic) bond motifs is 1. The number of halogens is 1. The zero-order valence-electron chi connectivity index (χ0n) is 17.7. The lowest BCUT2D eigenvalue weighted by Crippen LogP contribution is -2.32. The quantitative estimate of drug-likeness (QED) is 0.154. The molecule has 8 heteroatoms. The van der Waals surface area contributed by atoms with Crippen LogP contribution in [0.4, 0.5) is 10.1 Å². The number of hydrogen-bond acceptors (Lipinski definition) is 5. The number of hydrazone groups is 1. The number of carbonyl (C=O) groups is 3. The average Bonchev–Trinajstić information content (AvgIpc) is 2.86. The molecule has 4 rings (SSSR count). The van der Waals surface area contributed by atoms with Crippen LogP contribution < -0.4 is 15.5 Å². The molecule has 0 unspecified atom stereocenters. The fourth-order valence-electron chi connectivity index (χ4n) is 3.12. The molecule has 4 aromatic rings. The molecule has 0 atom stereocenters. The number of benzene rings is 4. The molecule has 34 heavy (non-hydrogen) atoms. The molecule has 0 heterocycles. The normalized spacial score (nSPS) is 10.7. The van der Waals surface area contributed by atoms with E-state index in [2.05, 4.69) is 15.8 Å². The third kappa shape index (κ3) is 5.49. The van der Waals surface area contributed by atoms with E-state index in [1.54, 1.807) is 36.4 Å². The Morgan fingerprint density at radius 3 is 2.26 bits per heavy atom. The number of nitrogens with one attached hydrogen (secondary N) is 2. The Balaban J connectivity index is 1.32. The van der Waals surface area contributed by atoms with Crippen LogP contribution in [0.2, 0.25) is 0 Å². The fraction of sp³-hybridized carbons (Fsp3) is 0. The lowest BCUT2D eigenvalue weighted by molar-refractivity contribution is -0.136. The number of anilines is 1. The van der Waals surface area contributed by atoms with Gasteiger partial charge < -0.3 is 10.1 Å². The topological polar surface area (TPSA) is 96.9 Å². The van der Waals surface area contributed by atoms with Crippen molar-refractivity contribution >= 4 is 40.5 Å². The van der Waals surface area contributed by atoms with Crippen molar-refractivity contribution < 1.29 is 23.5 Å². The van der Waals surface area contributed by atoms with Crippen LogP contribution in [0.3, 0.4) is 0 Å². The summed E-state index contributed by atoms with van der Waals surface area (Å²) >= 11 is 0. The van der Waals surface area contributed by atoms with Crippen molar-refractivity contribution in [2.75, 3.05) is 5.32 Å². The van der Waals surface area contributed by atoms with Crippen molar-refractivity contribution in [3.05, 3.63) is 108 Å². The van der Waals surface area contributed by atoms with Gasteiger partial charge in [0.1, 0.15) is 11.6 Å². The molecule has 0 fully saturated rings. The summed E-state index contributed by atoms with van der Waals surface area (Å²) in [4.78, 5) is 36.3. The summed E-state index contributed by atoms with van der Waals surface area (Å²) in [7, 11) is 0. The molecule has 0 saturated heterocycles. The van der Waals surface area contributed by atoms with Gasteiger partial charge in [0.15, 0.2) is 0 Å². The van der Waals surface area contributed by atoms with Gasteiger partial charge in [-0.25, -0.2) is 14.6 Å². The number of nitrogens with zero attached hydrogens (tertiary/aromatic N) is 1. The molecule has 4 aromatic carbocycles. The first kappa shape index (κ1) is 22.3. The predicted molar refractivity (Wildman–Crippen MR) is 126 cm³/mol. The van der Waals surface area contributed by atoms with E-state index in [1.165, 1.54) is 18.3 Å². The molecule has 0 radical (unpaired) electrons. The van der Waals surface area contributed by atoms with Gasteiger partial charge in [-0.3, -0.25) is 9.59 Å². The number of amides is 2. The maximum absolute atomic E-state index is 12.9. The summed E-state index contributed by atoms with van der Waals surface area (Å²) in [6.45, 7) is 0. The highest BCUT2D eigenvalue weighted by Gasteiger charge is 2.13. The molecule has 7 nitrogen and oxygen atoms in total. The first-order chi connectivity index (χ1) is 16.5. The van der Waals surface area contributed by atoms with Crippen molar-refractivity contribution in [1.29, 1.82) is 0 Å². The minimum atomic E-state index is -0.985. The van der Waals surface area contributed by atoms with Gasteiger partial charge in [0, 0.05) is 5.69 Å². The van der Waals surface area contributed by atoms with Gasteiger partial charge in [0.25, 0.3) is 0 Å². The fourth-order valence-corrected chi connectivity index (χ4v) is 3.12. The summed E-state index contributed by atoms with van der Waals surface area (Å²) in [5, 5.41) is 7.81. The molecular weight excluding hydrogens is 437 g/mol. The summed E-state index contributed by atoms with van der Waals surface area (Å²) in [6.07, 6.45) is 1.33. The Labute approximate surface area is 193 Å². The second kappa shape index (κ2) is 10.2. The zero-order valence-corrected chi connectivity index (χ0v) is 17.7. The van der Waals surface area contributed by atoms with E-state index < -0.39 is 23.6 Å². The van der Waals surface area contributed by atoms with Gasteiger partial charge in [-0.15, -0.1) is 0 Å². The molecule has 2 N–H and O–H groups in total. The predicted octanol–water partition coefficient (Wildman–Crippen LogP) is 4.29. The first-order valence-corrected chi connectivity index (χ1v) is 10.2. The van der Waals surface area contributed by atoms with Gasteiger partial charge >= 0.3 is 17.8 Å². The highest BCUT2D eigenvalue weighted by atomic mass is 19.1. The van der Waals surface area contributed by atoms with Crippen molar-refractivity contribution in [2.45, 2.75) is 0 Å². The van der Waals surface area contributed by atoms with Gasteiger partial charge in [-0.2, -0.15) is 5.10 Å². The van der Waals surface area contributed by atoms with Crippen molar-refractivity contribution in [1.82, 2.24) is 5.43 Å². The van der Waals surface area contributed by atoms with E-state index >= 15 is 0 Å². The number of esters is 1. The Kier molecular flexibility index (Phi) is 6.69. The monoisotopic (exact) mass is 455 g/mol. The van der Waals surface area contributed by atoms with E-state index in [-0.39, 0.29) is 5.69 Å². The Bertz CT molecular complexity index is 1380. The van der Waals surface area contributed by atoms with Crippen LogP contribution in [0.1, 0.15) is 15.9 Å². The minimum absolute atomic E-state index is 0.277. The van der Waals surface area contributed by atoms with Crippen LogP contribution in [-0.2, 0) is 9.59 Å². The van der Waals surface area contributed by atoms with Crippen molar-refractivity contribution in [2.24, 2.45) is 5.10 Å². The van der Waals surface area contributed by atoms with Crippen LogP contribution >= 0.6 is 0 Å². The van der Waals surface area contributed by atoms with E-state index in [0.29, 0.717) is 16.9 Å². The first-order valence-electron chi connectivity index (χ1n) is 10.2. The third-order valence-corrected chi connectivity index (χ3v) is 4.79. The Morgan fingerprint density at radius 2 is 1.50 bits per heavy atom. The lowest BCUT2D eigenvalue weighted by Gasteiger charge is -2.07.